The van der Waals surface area contributed by atoms with Crippen molar-refractivity contribution >= 4 is 55.5 Å². The molecule has 0 aliphatic carbocycles. The number of fused-ring (bicyclic) bond motifs is 1. The van der Waals surface area contributed by atoms with E-state index in [4.69, 9.17) is 16.6 Å². The van der Waals surface area contributed by atoms with Crippen LogP contribution in [0, 0.1) is 0 Å². The van der Waals surface area contributed by atoms with Gasteiger partial charge in [0.25, 0.3) is 0 Å². The summed E-state index contributed by atoms with van der Waals surface area (Å²) in [6, 6.07) is 13.8. The highest BCUT2D eigenvalue weighted by atomic mass is 35.5. The zero-order valence-electron chi connectivity index (χ0n) is 16.1. The van der Waals surface area contributed by atoms with Gasteiger partial charge in [0.05, 0.1) is 27.5 Å². The number of para-hydroxylation sites is 1. The van der Waals surface area contributed by atoms with Crippen molar-refractivity contribution in [1.29, 1.82) is 0 Å². The molecule has 29 heavy (non-hydrogen) atoms. The van der Waals surface area contributed by atoms with Gasteiger partial charge in [0, 0.05) is 17.3 Å². The number of thiazole rings is 1. The van der Waals surface area contributed by atoms with Gasteiger partial charge in [0.1, 0.15) is 0 Å². The highest BCUT2D eigenvalue weighted by Crippen LogP contribution is 2.34. The Hall–Kier alpha value is -2.28. The zero-order valence-corrected chi connectivity index (χ0v) is 18.5. The molecule has 0 N–H and O–H groups in total. The normalized spacial score (nSPS) is 11.3. The van der Waals surface area contributed by atoms with E-state index in [1.807, 2.05) is 24.3 Å². The van der Waals surface area contributed by atoms with E-state index < -0.39 is 0 Å². The molecule has 0 atom stereocenters. The Morgan fingerprint density at radius 1 is 1.14 bits per heavy atom. The molecule has 0 bridgehead atoms. The van der Waals surface area contributed by atoms with E-state index in [-0.39, 0.29) is 5.91 Å². The predicted molar refractivity (Wildman–Crippen MR) is 122 cm³/mol. The van der Waals surface area contributed by atoms with Crippen molar-refractivity contribution in [2.45, 2.75) is 32.7 Å². The molecule has 0 saturated carbocycles. The number of aromatic nitrogens is 2. The number of amides is 1. The molecular formula is C22H20ClN3OS2. The number of nitrogens with zero attached hydrogens (tertiary/aromatic N) is 3. The summed E-state index contributed by atoms with van der Waals surface area (Å²) in [5.74, 6) is 0.363. The first-order valence-electron chi connectivity index (χ1n) is 9.34. The molecule has 4 nitrogen and oxygen atoms in total. The van der Waals surface area contributed by atoms with Gasteiger partial charge in [-0.25, -0.2) is 4.98 Å². The minimum atomic E-state index is -0.00229. The molecule has 148 valence electrons. The van der Waals surface area contributed by atoms with Crippen LogP contribution in [0.3, 0.4) is 0 Å². The highest BCUT2D eigenvalue weighted by molar-refractivity contribution is 7.22. The maximum atomic E-state index is 13.3. The second-order valence-electron chi connectivity index (χ2n) is 7.07. The largest absolute Gasteiger partial charge is 0.283 e. The number of rotatable bonds is 6. The van der Waals surface area contributed by atoms with Crippen LogP contribution in [0.2, 0.25) is 4.34 Å². The predicted octanol–water partition coefficient (Wildman–Crippen LogP) is 6.31. The molecular weight excluding hydrogens is 422 g/mol. The lowest BCUT2D eigenvalue weighted by Crippen LogP contribution is -2.31. The number of halogens is 1. The van der Waals surface area contributed by atoms with Crippen LogP contribution in [0.15, 0.2) is 54.9 Å². The molecule has 3 heterocycles. The van der Waals surface area contributed by atoms with Crippen LogP contribution in [-0.4, -0.2) is 15.9 Å². The molecule has 1 aromatic carbocycles. The Morgan fingerprint density at radius 2 is 2.00 bits per heavy atom. The summed E-state index contributed by atoms with van der Waals surface area (Å²) in [6.45, 7) is 4.75. The minimum Gasteiger partial charge on any atom is -0.283 e. The van der Waals surface area contributed by atoms with Crippen molar-refractivity contribution in [2.75, 3.05) is 4.90 Å². The number of carbonyl (C=O) groups excluding carboxylic acids is 1. The summed E-state index contributed by atoms with van der Waals surface area (Å²) in [4.78, 5) is 25.0. The lowest BCUT2D eigenvalue weighted by molar-refractivity contribution is -0.118. The summed E-state index contributed by atoms with van der Waals surface area (Å²) < 4.78 is 1.78. The van der Waals surface area contributed by atoms with Crippen molar-refractivity contribution < 1.29 is 4.79 Å². The lowest BCUT2D eigenvalue weighted by atomic mass is 10.0. The number of anilines is 1. The fourth-order valence-electron chi connectivity index (χ4n) is 3.17. The smallest absolute Gasteiger partial charge is 0.234 e. The number of pyridine rings is 1. The molecule has 0 spiro atoms. The van der Waals surface area contributed by atoms with Crippen LogP contribution < -0.4 is 4.90 Å². The third-order valence-electron chi connectivity index (χ3n) is 4.61. The maximum absolute atomic E-state index is 13.3. The first-order chi connectivity index (χ1) is 14.0. The van der Waals surface area contributed by atoms with Crippen LogP contribution in [0.1, 0.15) is 35.8 Å². The Morgan fingerprint density at radius 3 is 2.69 bits per heavy atom. The Kier molecular flexibility index (Phi) is 5.94. The van der Waals surface area contributed by atoms with E-state index in [9.17, 15) is 4.79 Å². The summed E-state index contributed by atoms with van der Waals surface area (Å²) in [7, 11) is 0. The molecule has 0 aliphatic rings. The van der Waals surface area contributed by atoms with Gasteiger partial charge in [-0.3, -0.25) is 14.7 Å². The maximum Gasteiger partial charge on any atom is 0.234 e. The molecule has 0 saturated heterocycles. The van der Waals surface area contributed by atoms with E-state index in [0.29, 0.717) is 28.4 Å². The Balaban J connectivity index is 1.72. The van der Waals surface area contributed by atoms with E-state index >= 15 is 0 Å². The summed E-state index contributed by atoms with van der Waals surface area (Å²) >= 11 is 9.03. The first-order valence-corrected chi connectivity index (χ1v) is 11.4. The molecule has 0 unspecified atom stereocenters. The summed E-state index contributed by atoms with van der Waals surface area (Å²) in [5.41, 5.74) is 3.14. The lowest BCUT2D eigenvalue weighted by Gasteiger charge is -2.19. The third kappa shape index (κ3) is 4.50. The monoisotopic (exact) mass is 441 g/mol. The van der Waals surface area contributed by atoms with Gasteiger partial charge in [-0.2, -0.15) is 0 Å². The Bertz CT molecular complexity index is 1140. The molecule has 3 aromatic heterocycles. The van der Waals surface area contributed by atoms with Crippen molar-refractivity contribution in [3.63, 3.8) is 0 Å². The second kappa shape index (κ2) is 8.61. The van der Waals surface area contributed by atoms with E-state index in [0.717, 1.165) is 20.7 Å². The third-order valence-corrected chi connectivity index (χ3v) is 6.89. The summed E-state index contributed by atoms with van der Waals surface area (Å²) in [5, 5.41) is 0.713. The number of thiophene rings is 1. The molecule has 4 aromatic rings. The van der Waals surface area contributed by atoms with Gasteiger partial charge in [0.2, 0.25) is 5.91 Å². The van der Waals surface area contributed by atoms with Crippen LogP contribution in [0.25, 0.3) is 10.2 Å². The first kappa shape index (κ1) is 20.0. The number of carbonyl (C=O) groups is 1. The van der Waals surface area contributed by atoms with Crippen molar-refractivity contribution in [1.82, 2.24) is 9.97 Å². The van der Waals surface area contributed by atoms with Gasteiger partial charge in [-0.05, 0) is 41.3 Å². The quantitative estimate of drug-likeness (QED) is 0.352. The van der Waals surface area contributed by atoms with Crippen LogP contribution >= 0.6 is 34.3 Å². The van der Waals surface area contributed by atoms with E-state index in [1.165, 1.54) is 16.9 Å². The van der Waals surface area contributed by atoms with Crippen LogP contribution in [0.5, 0.6) is 0 Å². The fourth-order valence-corrected chi connectivity index (χ4v) is 5.26. The molecule has 0 fully saturated rings. The Labute approximate surface area is 182 Å². The van der Waals surface area contributed by atoms with Crippen LogP contribution in [-0.2, 0) is 17.8 Å². The van der Waals surface area contributed by atoms with Crippen molar-refractivity contribution in [3.05, 3.63) is 75.2 Å². The van der Waals surface area contributed by atoms with Gasteiger partial charge in [0.15, 0.2) is 5.13 Å². The molecule has 0 radical (unpaired) electrons. The number of hydrogen-bond acceptors (Lipinski definition) is 5. The average Bonchev–Trinajstić information content (AvgIpc) is 3.32. The summed E-state index contributed by atoms with van der Waals surface area (Å²) in [6.07, 6.45) is 3.82. The second-order valence-corrected chi connectivity index (χ2v) is 9.88. The van der Waals surface area contributed by atoms with Gasteiger partial charge in [-0.1, -0.05) is 55.0 Å². The van der Waals surface area contributed by atoms with Crippen molar-refractivity contribution in [3.8, 4) is 0 Å². The molecule has 0 aliphatic heterocycles. The van der Waals surface area contributed by atoms with Gasteiger partial charge < -0.3 is 0 Å². The number of benzene rings is 1. The van der Waals surface area contributed by atoms with Gasteiger partial charge in [-0.15, -0.1) is 11.3 Å². The van der Waals surface area contributed by atoms with E-state index in [1.54, 1.807) is 28.6 Å². The van der Waals surface area contributed by atoms with Gasteiger partial charge >= 0.3 is 0 Å². The average molecular weight is 442 g/mol. The molecule has 4 rings (SSSR count). The standard InChI is InChI=1S/C22H20ClN3OS2/c1-14(2)17-6-3-7-18-21(17)25-22(29-18)26(13-15-5-4-10-24-12-15)20(27)11-16-8-9-19(23)28-16/h3-10,12,14H,11,13H2,1-2H3. The van der Waals surface area contributed by atoms with Crippen LogP contribution in [0.4, 0.5) is 5.13 Å². The van der Waals surface area contributed by atoms with Crippen molar-refractivity contribution in [2.24, 2.45) is 0 Å². The zero-order chi connectivity index (χ0) is 20.4. The topological polar surface area (TPSA) is 46.1 Å². The fraction of sp³-hybridized carbons (Fsp3) is 0.227. The van der Waals surface area contributed by atoms with E-state index in [2.05, 4.69) is 37.0 Å². The molecule has 7 heteroatoms. The minimum absolute atomic E-state index is 0.00229. The molecule has 1 amide bonds. The number of hydrogen-bond donors (Lipinski definition) is 0. The SMILES string of the molecule is CC(C)c1cccc2sc(N(Cc3cccnc3)C(=O)Cc3ccc(Cl)s3)nc12. The highest BCUT2D eigenvalue weighted by Gasteiger charge is 2.22.